The first-order valence-corrected chi connectivity index (χ1v) is 9.11. The molecule has 1 aromatic carbocycles. The number of aliphatic imine (C=N–C) groups is 1. The molecule has 27 heavy (non-hydrogen) atoms. The van der Waals surface area contributed by atoms with Crippen LogP contribution < -0.4 is 11.1 Å². The number of primary amides is 1. The van der Waals surface area contributed by atoms with Gasteiger partial charge in [0.2, 0.25) is 5.91 Å². The van der Waals surface area contributed by atoms with E-state index < -0.39 is 0 Å². The molecule has 1 amide bonds. The summed E-state index contributed by atoms with van der Waals surface area (Å²) in [6.07, 6.45) is 2.43. The van der Waals surface area contributed by atoms with E-state index in [4.69, 9.17) is 15.5 Å². The van der Waals surface area contributed by atoms with Crippen LogP contribution in [0.25, 0.3) is 0 Å². The minimum Gasteiger partial charge on any atom is -0.380 e. The predicted molar refractivity (Wildman–Crippen MR) is 115 cm³/mol. The van der Waals surface area contributed by atoms with Crippen molar-refractivity contribution in [2.24, 2.45) is 16.6 Å². The molecule has 1 aromatic rings. The lowest BCUT2D eigenvalue weighted by Gasteiger charge is -2.34. The minimum atomic E-state index is -0.267. The molecule has 1 fully saturated rings. The van der Waals surface area contributed by atoms with Crippen molar-refractivity contribution in [3.05, 3.63) is 35.1 Å². The highest BCUT2D eigenvalue weighted by molar-refractivity contribution is 14.0. The topological polar surface area (TPSA) is 80.0 Å². The number of piperidine rings is 1. The second-order valence-electron chi connectivity index (χ2n) is 6.65. The zero-order valence-corrected chi connectivity index (χ0v) is 18.4. The molecule has 0 radical (unpaired) electrons. The number of rotatable bonds is 7. The van der Waals surface area contributed by atoms with Crippen molar-refractivity contribution < 1.29 is 13.9 Å². The first-order chi connectivity index (χ1) is 12.5. The molecular formula is C19H30FIN4O2. The molecule has 1 aliphatic rings. The molecule has 1 aliphatic heterocycles. The van der Waals surface area contributed by atoms with Crippen LogP contribution in [0.15, 0.2) is 23.2 Å². The number of amides is 1. The Bertz CT molecular complexity index is 642. The molecule has 152 valence electrons. The Morgan fingerprint density at radius 3 is 2.93 bits per heavy atom. The highest BCUT2D eigenvalue weighted by Crippen LogP contribution is 2.20. The summed E-state index contributed by atoms with van der Waals surface area (Å²) in [5.74, 6) is 0.566. The molecular weight excluding hydrogens is 462 g/mol. The number of methoxy groups -OCH3 is 1. The summed E-state index contributed by atoms with van der Waals surface area (Å²) in [5.41, 5.74) is 6.81. The van der Waals surface area contributed by atoms with E-state index in [1.807, 2.05) is 6.92 Å². The third-order valence-corrected chi connectivity index (χ3v) is 4.46. The van der Waals surface area contributed by atoms with E-state index in [1.54, 1.807) is 19.2 Å². The molecule has 0 aromatic heterocycles. The van der Waals surface area contributed by atoms with Gasteiger partial charge >= 0.3 is 0 Å². The molecule has 8 heteroatoms. The van der Waals surface area contributed by atoms with Crippen molar-refractivity contribution in [2.75, 3.05) is 26.7 Å². The van der Waals surface area contributed by atoms with Crippen molar-refractivity contribution in [3.63, 3.8) is 0 Å². The fraction of sp³-hybridized carbons (Fsp3) is 0.579. The lowest BCUT2D eigenvalue weighted by Crippen LogP contribution is -2.47. The Hall–Kier alpha value is -1.42. The van der Waals surface area contributed by atoms with Gasteiger partial charge < -0.3 is 20.7 Å². The average Bonchev–Trinajstić information content (AvgIpc) is 2.61. The Morgan fingerprint density at radius 2 is 2.26 bits per heavy atom. The maximum Gasteiger partial charge on any atom is 0.217 e. The number of halogens is 2. The standard InChI is InChI=1S/C19H29FN4O2.HI/c1-3-22-19(24-8-4-5-15(12-24)10-18(21)25)23-11-14-6-7-17(20)16(9-14)13-26-2;/h6-7,9,15H,3-5,8,10-13H2,1-2H3,(H2,21,25)(H,22,23);1H. The molecule has 0 aliphatic carbocycles. The van der Waals surface area contributed by atoms with E-state index in [0.717, 1.165) is 44.0 Å². The van der Waals surface area contributed by atoms with E-state index >= 15 is 0 Å². The summed E-state index contributed by atoms with van der Waals surface area (Å²) < 4.78 is 18.8. The quantitative estimate of drug-likeness (QED) is 0.349. The number of hydrogen-bond acceptors (Lipinski definition) is 3. The van der Waals surface area contributed by atoms with E-state index in [1.165, 1.54) is 6.07 Å². The van der Waals surface area contributed by atoms with Crippen LogP contribution in [0.4, 0.5) is 4.39 Å². The predicted octanol–water partition coefficient (Wildman–Crippen LogP) is 2.64. The number of carbonyl (C=O) groups is 1. The molecule has 1 unspecified atom stereocenters. The number of ether oxygens (including phenoxy) is 1. The van der Waals surface area contributed by atoms with Gasteiger partial charge in [-0.25, -0.2) is 9.38 Å². The summed E-state index contributed by atoms with van der Waals surface area (Å²) in [6, 6.07) is 4.99. The second-order valence-corrected chi connectivity index (χ2v) is 6.65. The second kappa shape index (κ2) is 12.1. The highest BCUT2D eigenvalue weighted by atomic mass is 127. The molecule has 0 saturated carbocycles. The zero-order chi connectivity index (χ0) is 18.9. The van der Waals surface area contributed by atoms with Gasteiger partial charge in [0.1, 0.15) is 5.82 Å². The summed E-state index contributed by atoms with van der Waals surface area (Å²) >= 11 is 0. The number of likely N-dealkylation sites (tertiary alicyclic amines) is 1. The lowest BCUT2D eigenvalue weighted by molar-refractivity contribution is -0.119. The third-order valence-electron chi connectivity index (χ3n) is 4.46. The van der Waals surface area contributed by atoms with Crippen LogP contribution in [-0.2, 0) is 22.7 Å². The van der Waals surface area contributed by atoms with Crippen molar-refractivity contribution in [1.29, 1.82) is 0 Å². The van der Waals surface area contributed by atoms with Gasteiger partial charge in [0.15, 0.2) is 5.96 Å². The Labute approximate surface area is 177 Å². The highest BCUT2D eigenvalue weighted by Gasteiger charge is 2.23. The number of nitrogens with one attached hydrogen (secondary N) is 1. The molecule has 2 rings (SSSR count). The summed E-state index contributed by atoms with van der Waals surface area (Å²) in [5, 5.41) is 3.31. The largest absolute Gasteiger partial charge is 0.380 e. The maximum absolute atomic E-state index is 13.7. The summed E-state index contributed by atoms with van der Waals surface area (Å²) in [6.45, 7) is 5.15. The molecule has 0 spiro atoms. The average molecular weight is 492 g/mol. The number of hydrogen-bond donors (Lipinski definition) is 2. The van der Waals surface area contributed by atoms with Crippen molar-refractivity contribution in [1.82, 2.24) is 10.2 Å². The van der Waals surface area contributed by atoms with E-state index in [-0.39, 0.29) is 48.2 Å². The molecule has 1 atom stereocenters. The SMILES string of the molecule is CCNC(=NCc1ccc(F)c(COC)c1)N1CCCC(CC(N)=O)C1.I. The van der Waals surface area contributed by atoms with Gasteiger partial charge in [-0.1, -0.05) is 6.07 Å². The van der Waals surface area contributed by atoms with Crippen LogP contribution in [0.1, 0.15) is 37.3 Å². The van der Waals surface area contributed by atoms with Gasteiger partial charge in [-0.3, -0.25) is 4.79 Å². The number of nitrogens with two attached hydrogens (primary N) is 1. The minimum absolute atomic E-state index is 0. The Balaban J connectivity index is 0.00000364. The van der Waals surface area contributed by atoms with Crippen molar-refractivity contribution in [2.45, 2.75) is 39.3 Å². The smallest absolute Gasteiger partial charge is 0.217 e. The molecule has 1 saturated heterocycles. The number of benzene rings is 1. The first kappa shape index (κ1) is 23.6. The maximum atomic E-state index is 13.7. The van der Waals surface area contributed by atoms with Crippen LogP contribution in [-0.4, -0.2) is 43.5 Å². The van der Waals surface area contributed by atoms with Crippen molar-refractivity contribution >= 4 is 35.8 Å². The summed E-state index contributed by atoms with van der Waals surface area (Å²) in [4.78, 5) is 18.1. The van der Waals surface area contributed by atoms with Crippen LogP contribution in [0.3, 0.4) is 0 Å². The van der Waals surface area contributed by atoms with Crippen LogP contribution in [0.2, 0.25) is 0 Å². The van der Waals surface area contributed by atoms with Gasteiger partial charge in [0, 0.05) is 38.7 Å². The molecule has 6 nitrogen and oxygen atoms in total. The van der Waals surface area contributed by atoms with Gasteiger partial charge in [0.25, 0.3) is 0 Å². The van der Waals surface area contributed by atoms with Gasteiger partial charge in [-0.15, -0.1) is 24.0 Å². The summed E-state index contributed by atoms with van der Waals surface area (Å²) in [7, 11) is 1.55. The van der Waals surface area contributed by atoms with Crippen LogP contribution >= 0.6 is 24.0 Å². The molecule has 1 heterocycles. The van der Waals surface area contributed by atoms with E-state index in [9.17, 15) is 9.18 Å². The van der Waals surface area contributed by atoms with Gasteiger partial charge in [0.05, 0.1) is 13.2 Å². The number of guanidine groups is 1. The van der Waals surface area contributed by atoms with Crippen LogP contribution in [0, 0.1) is 11.7 Å². The Morgan fingerprint density at radius 1 is 1.48 bits per heavy atom. The first-order valence-electron chi connectivity index (χ1n) is 9.11. The van der Waals surface area contributed by atoms with E-state index in [0.29, 0.717) is 18.5 Å². The molecule has 3 N–H and O–H groups in total. The number of carbonyl (C=O) groups excluding carboxylic acids is 1. The zero-order valence-electron chi connectivity index (χ0n) is 16.0. The number of nitrogens with zero attached hydrogens (tertiary/aromatic N) is 2. The van der Waals surface area contributed by atoms with Crippen LogP contribution in [0.5, 0.6) is 0 Å². The fourth-order valence-corrected chi connectivity index (χ4v) is 3.29. The van der Waals surface area contributed by atoms with Gasteiger partial charge in [-0.2, -0.15) is 0 Å². The fourth-order valence-electron chi connectivity index (χ4n) is 3.29. The van der Waals surface area contributed by atoms with E-state index in [2.05, 4.69) is 10.2 Å². The molecule has 0 bridgehead atoms. The normalized spacial score (nSPS) is 17.4. The van der Waals surface area contributed by atoms with Crippen molar-refractivity contribution in [3.8, 4) is 0 Å². The Kier molecular flexibility index (Phi) is 10.6. The third kappa shape index (κ3) is 7.61. The monoisotopic (exact) mass is 492 g/mol. The lowest BCUT2D eigenvalue weighted by atomic mass is 9.95. The van der Waals surface area contributed by atoms with Gasteiger partial charge in [-0.05, 0) is 43.4 Å².